The average molecular weight is 453 g/mol. The molecule has 0 saturated heterocycles. The molecule has 7 unspecified atom stereocenters. The molecule has 4 heteroatoms. The van der Waals surface area contributed by atoms with Gasteiger partial charge in [0, 0.05) is 17.8 Å². The van der Waals surface area contributed by atoms with E-state index in [9.17, 15) is 14.4 Å². The maximum atomic E-state index is 14.0. The fraction of sp³-hybridized carbons (Fsp3) is 0.759. The van der Waals surface area contributed by atoms with Crippen LogP contribution in [0.4, 0.5) is 0 Å². The summed E-state index contributed by atoms with van der Waals surface area (Å²) in [6.45, 7) is 11.1. The van der Waals surface area contributed by atoms with Crippen molar-refractivity contribution in [1.29, 1.82) is 0 Å². The molecule has 5 aliphatic rings. The lowest BCUT2D eigenvalue weighted by molar-refractivity contribution is -0.177. The highest BCUT2D eigenvalue weighted by Gasteiger charge is 2.65. The van der Waals surface area contributed by atoms with E-state index < -0.39 is 5.41 Å². The average Bonchev–Trinajstić information content (AvgIpc) is 2.75. The van der Waals surface area contributed by atoms with E-state index in [-0.39, 0.29) is 57.5 Å². The van der Waals surface area contributed by atoms with Crippen molar-refractivity contribution in [2.45, 2.75) is 86.0 Å². The van der Waals surface area contributed by atoms with Gasteiger partial charge in [-0.2, -0.15) is 0 Å². The van der Waals surface area contributed by atoms with Crippen LogP contribution < -0.4 is 0 Å². The summed E-state index contributed by atoms with van der Waals surface area (Å²) in [5.74, 6) is 0.843. The zero-order valence-electron chi connectivity index (χ0n) is 21.3. The molecule has 3 saturated carbocycles. The Bertz CT molecular complexity index is 986. The summed E-state index contributed by atoms with van der Waals surface area (Å²) in [6, 6.07) is 0. The minimum Gasteiger partial charge on any atom is -0.469 e. The summed E-state index contributed by atoms with van der Waals surface area (Å²) in [5, 5.41) is 0. The van der Waals surface area contributed by atoms with Crippen molar-refractivity contribution in [3.8, 4) is 0 Å². The van der Waals surface area contributed by atoms with Crippen LogP contribution >= 0.6 is 0 Å². The predicted molar refractivity (Wildman–Crippen MR) is 127 cm³/mol. The monoisotopic (exact) mass is 452 g/mol. The lowest BCUT2D eigenvalue weighted by Gasteiger charge is -2.63. The van der Waals surface area contributed by atoms with E-state index in [1.807, 2.05) is 13.0 Å². The van der Waals surface area contributed by atoms with E-state index in [0.717, 1.165) is 50.5 Å². The Morgan fingerprint density at radius 1 is 1.00 bits per heavy atom. The number of hydrogen-bond acceptors (Lipinski definition) is 4. The van der Waals surface area contributed by atoms with Crippen LogP contribution in [-0.4, -0.2) is 24.6 Å². The first-order chi connectivity index (χ1) is 15.4. The van der Waals surface area contributed by atoms with Crippen LogP contribution in [0.15, 0.2) is 23.3 Å². The number of ketones is 2. The summed E-state index contributed by atoms with van der Waals surface area (Å²) >= 11 is 0. The van der Waals surface area contributed by atoms with E-state index >= 15 is 0 Å². The van der Waals surface area contributed by atoms with E-state index in [1.165, 1.54) is 12.7 Å². The molecule has 5 rings (SSSR count). The quantitative estimate of drug-likeness (QED) is 0.468. The third-order valence-electron chi connectivity index (χ3n) is 11.0. The fourth-order valence-electron chi connectivity index (χ4n) is 9.08. The maximum Gasteiger partial charge on any atom is 0.312 e. The van der Waals surface area contributed by atoms with Crippen molar-refractivity contribution in [3.05, 3.63) is 23.3 Å². The third kappa shape index (κ3) is 3.04. The number of hydrogen-bond donors (Lipinski definition) is 0. The molecule has 0 bridgehead atoms. The van der Waals surface area contributed by atoms with Crippen molar-refractivity contribution in [1.82, 2.24) is 0 Å². The van der Waals surface area contributed by atoms with E-state index in [1.54, 1.807) is 0 Å². The number of Topliss-reactive ketones (excluding diaryl/α,β-unsaturated/α-hetero) is 1. The van der Waals surface area contributed by atoms with Gasteiger partial charge in [0.25, 0.3) is 0 Å². The summed E-state index contributed by atoms with van der Waals surface area (Å²) in [4.78, 5) is 39.7. The standard InChI is InChI=1S/C29H40O4/c1-17-15-28(5)18(13-21(17)30)7-9-27(4)19-8-10-29(25(32)33-6)12-11-26(2,3)16-20(29)24(19)22(31)14-23(27)28/h14-15,18-20,24H,7-13,16H2,1-6H3. The van der Waals surface area contributed by atoms with Gasteiger partial charge >= 0.3 is 5.97 Å². The van der Waals surface area contributed by atoms with Gasteiger partial charge in [0.2, 0.25) is 0 Å². The molecule has 0 radical (unpaired) electrons. The Hall–Kier alpha value is -1.71. The van der Waals surface area contributed by atoms with Gasteiger partial charge in [-0.15, -0.1) is 0 Å². The SMILES string of the molecule is COC(=O)C12CCC3C(C(=O)C=C4C5(C)C=C(C)C(=O)CC5CCC43C)C1CC(C)(C)CC2. The first-order valence-corrected chi connectivity index (χ1v) is 13.0. The van der Waals surface area contributed by atoms with Gasteiger partial charge < -0.3 is 4.74 Å². The molecule has 4 nitrogen and oxygen atoms in total. The van der Waals surface area contributed by atoms with E-state index in [4.69, 9.17) is 4.74 Å². The third-order valence-corrected chi connectivity index (χ3v) is 11.0. The topological polar surface area (TPSA) is 60.4 Å². The Balaban J connectivity index is 1.62. The molecule has 0 amide bonds. The molecule has 0 spiro atoms. The molecule has 0 N–H and O–H groups in total. The number of carbonyl (C=O) groups is 3. The van der Waals surface area contributed by atoms with Gasteiger partial charge in [0.1, 0.15) is 0 Å². The Morgan fingerprint density at radius 3 is 2.42 bits per heavy atom. The molecule has 0 aromatic carbocycles. The number of rotatable bonds is 1. The van der Waals surface area contributed by atoms with Crippen LogP contribution in [0.5, 0.6) is 0 Å². The van der Waals surface area contributed by atoms with Gasteiger partial charge in [-0.05, 0) is 92.1 Å². The van der Waals surface area contributed by atoms with Crippen molar-refractivity contribution in [2.24, 2.45) is 45.3 Å². The minimum atomic E-state index is -0.516. The second-order valence-corrected chi connectivity index (χ2v) is 13.1. The van der Waals surface area contributed by atoms with Crippen LogP contribution in [0.2, 0.25) is 0 Å². The molecular weight excluding hydrogens is 412 g/mol. The smallest absolute Gasteiger partial charge is 0.312 e. The maximum absolute atomic E-state index is 14.0. The molecule has 7 atom stereocenters. The molecule has 5 aliphatic carbocycles. The summed E-state index contributed by atoms with van der Waals surface area (Å²) in [5.41, 5.74) is 1.42. The predicted octanol–water partition coefficient (Wildman–Crippen LogP) is 5.85. The van der Waals surface area contributed by atoms with Crippen LogP contribution in [-0.2, 0) is 19.1 Å². The zero-order valence-corrected chi connectivity index (χ0v) is 21.3. The first-order valence-electron chi connectivity index (χ1n) is 13.0. The van der Waals surface area contributed by atoms with Crippen LogP contribution in [0.25, 0.3) is 0 Å². The van der Waals surface area contributed by atoms with Gasteiger partial charge in [-0.3, -0.25) is 14.4 Å². The summed E-state index contributed by atoms with van der Waals surface area (Å²) in [6.07, 6.45) is 11.2. The van der Waals surface area contributed by atoms with Crippen molar-refractivity contribution < 1.29 is 19.1 Å². The highest BCUT2D eigenvalue weighted by Crippen LogP contribution is 2.69. The van der Waals surface area contributed by atoms with Gasteiger partial charge in [-0.1, -0.05) is 39.3 Å². The minimum absolute atomic E-state index is 0.0466. The fourth-order valence-corrected chi connectivity index (χ4v) is 9.08. The lowest BCUT2D eigenvalue weighted by Crippen LogP contribution is -2.60. The molecule has 33 heavy (non-hydrogen) atoms. The van der Waals surface area contributed by atoms with Crippen LogP contribution in [0.1, 0.15) is 86.0 Å². The van der Waals surface area contributed by atoms with Gasteiger partial charge in [0.15, 0.2) is 11.6 Å². The molecule has 0 aliphatic heterocycles. The van der Waals surface area contributed by atoms with Crippen LogP contribution in [0.3, 0.4) is 0 Å². The number of ether oxygens (including phenoxy) is 1. The molecule has 0 heterocycles. The number of carbonyl (C=O) groups excluding carboxylic acids is 3. The largest absolute Gasteiger partial charge is 0.469 e. The van der Waals surface area contributed by atoms with Crippen LogP contribution in [0, 0.1) is 45.3 Å². The van der Waals surface area contributed by atoms with Crippen molar-refractivity contribution in [2.75, 3.05) is 7.11 Å². The van der Waals surface area contributed by atoms with E-state index in [0.29, 0.717) is 6.42 Å². The summed E-state index contributed by atoms with van der Waals surface area (Å²) in [7, 11) is 1.50. The highest BCUT2D eigenvalue weighted by molar-refractivity contribution is 5.98. The zero-order chi connectivity index (χ0) is 24.0. The Labute approximate surface area is 198 Å². The second-order valence-electron chi connectivity index (χ2n) is 13.1. The van der Waals surface area contributed by atoms with E-state index in [2.05, 4.69) is 33.8 Å². The second kappa shape index (κ2) is 7.15. The normalized spacial score (nSPS) is 46.1. The van der Waals surface area contributed by atoms with Gasteiger partial charge in [-0.25, -0.2) is 0 Å². The molecule has 0 aromatic rings. The molecule has 180 valence electrons. The van der Waals surface area contributed by atoms with Crippen molar-refractivity contribution in [3.63, 3.8) is 0 Å². The highest BCUT2D eigenvalue weighted by atomic mass is 16.5. The van der Waals surface area contributed by atoms with Gasteiger partial charge in [0.05, 0.1) is 12.5 Å². The Kier molecular flexibility index (Phi) is 4.99. The molecule has 0 aromatic heterocycles. The summed E-state index contributed by atoms with van der Waals surface area (Å²) < 4.78 is 5.37. The Morgan fingerprint density at radius 2 is 1.73 bits per heavy atom. The number of methoxy groups -OCH3 is 1. The molecular formula is C29H40O4. The number of esters is 1. The van der Waals surface area contributed by atoms with Crippen molar-refractivity contribution >= 4 is 17.5 Å². The molecule has 3 fully saturated rings. The number of fused-ring (bicyclic) bond motifs is 7. The number of allylic oxidation sites excluding steroid dienone is 4. The lowest BCUT2D eigenvalue weighted by atomic mass is 9.40. The first kappa shape index (κ1) is 23.1.